The zero-order chi connectivity index (χ0) is 13.0. The molecule has 1 heterocycles. The zero-order valence-corrected chi connectivity index (χ0v) is 10.4. The third-order valence-electron chi connectivity index (χ3n) is 2.25. The van der Waals surface area contributed by atoms with Gasteiger partial charge in [0.25, 0.3) is 0 Å². The molecule has 0 aliphatic carbocycles. The van der Waals surface area contributed by atoms with Crippen LogP contribution < -0.4 is 21.3 Å². The average molecular weight is 266 g/mol. The van der Waals surface area contributed by atoms with Gasteiger partial charge in [0, 0.05) is 12.1 Å². The van der Waals surface area contributed by atoms with Gasteiger partial charge in [-0.3, -0.25) is 0 Å². The van der Waals surface area contributed by atoms with E-state index in [1.807, 2.05) is 0 Å². The minimum atomic E-state index is 0.506. The number of nitrogen functional groups attached to an aromatic ring is 1. The lowest BCUT2D eigenvalue weighted by atomic mass is 10.3. The van der Waals surface area contributed by atoms with Crippen molar-refractivity contribution < 1.29 is 4.74 Å². The largest absolute Gasteiger partial charge is 0.497 e. The Balaban J connectivity index is 2.27. The molecule has 1 aromatic heterocycles. The number of nitrogens with zero attached hydrogens (tertiary/aromatic N) is 2. The number of rotatable bonds is 4. The lowest BCUT2D eigenvalue weighted by Gasteiger charge is -2.09. The highest BCUT2D eigenvalue weighted by Gasteiger charge is 2.04. The Morgan fingerprint density at radius 2 is 2.00 bits per heavy atom. The molecule has 18 heavy (non-hydrogen) atoms. The van der Waals surface area contributed by atoms with Crippen LogP contribution in [-0.2, 0) is 0 Å². The molecule has 0 amide bonds. The van der Waals surface area contributed by atoms with E-state index in [-0.39, 0.29) is 0 Å². The van der Waals surface area contributed by atoms with Crippen LogP contribution in [0, 0.1) is 0 Å². The van der Waals surface area contributed by atoms with Crippen molar-refractivity contribution in [1.82, 2.24) is 9.97 Å². The van der Waals surface area contributed by atoms with Crippen LogP contribution in [0.1, 0.15) is 0 Å². The summed E-state index contributed by atoms with van der Waals surface area (Å²) in [6.07, 6.45) is 1.39. The van der Waals surface area contributed by atoms with Crippen LogP contribution in [0.4, 0.5) is 17.3 Å². The SMILES string of the molecule is COc1ccc(Cl)c(Nc2cc(NN)ncn2)c1. The van der Waals surface area contributed by atoms with Gasteiger partial charge in [-0.2, -0.15) is 0 Å². The summed E-state index contributed by atoms with van der Waals surface area (Å²) in [7, 11) is 1.59. The number of hydrogen-bond acceptors (Lipinski definition) is 6. The van der Waals surface area contributed by atoms with E-state index >= 15 is 0 Å². The Labute approximate surface area is 109 Å². The molecule has 0 spiro atoms. The second-order valence-electron chi connectivity index (χ2n) is 3.40. The third kappa shape index (κ3) is 2.79. The van der Waals surface area contributed by atoms with Crippen molar-refractivity contribution in [3.05, 3.63) is 35.6 Å². The quantitative estimate of drug-likeness (QED) is 0.580. The molecule has 4 N–H and O–H groups in total. The summed E-state index contributed by atoms with van der Waals surface area (Å²) in [5, 5.41) is 3.63. The number of methoxy groups -OCH3 is 1. The van der Waals surface area contributed by atoms with E-state index in [1.54, 1.807) is 31.4 Å². The number of benzene rings is 1. The molecule has 6 nitrogen and oxygen atoms in total. The zero-order valence-electron chi connectivity index (χ0n) is 9.64. The fourth-order valence-corrected chi connectivity index (χ4v) is 1.53. The molecule has 0 bridgehead atoms. The van der Waals surface area contributed by atoms with Crippen molar-refractivity contribution in [3.8, 4) is 5.75 Å². The highest BCUT2D eigenvalue weighted by molar-refractivity contribution is 6.33. The normalized spacial score (nSPS) is 9.94. The Hall–Kier alpha value is -2.05. The first kappa shape index (κ1) is 12.4. The Morgan fingerprint density at radius 1 is 1.22 bits per heavy atom. The lowest BCUT2D eigenvalue weighted by molar-refractivity contribution is 0.415. The number of halogens is 1. The van der Waals surface area contributed by atoms with Gasteiger partial charge >= 0.3 is 0 Å². The summed E-state index contributed by atoms with van der Waals surface area (Å²) in [6.45, 7) is 0. The summed E-state index contributed by atoms with van der Waals surface area (Å²) >= 11 is 6.07. The number of nitrogens with one attached hydrogen (secondary N) is 2. The van der Waals surface area contributed by atoms with Crippen molar-refractivity contribution in [2.45, 2.75) is 0 Å². The standard InChI is InChI=1S/C11H12ClN5O/c1-18-7-2-3-8(12)9(4-7)16-10-5-11(17-13)15-6-14-10/h2-6H,13H2,1H3,(H2,14,15,16,17). The van der Waals surface area contributed by atoms with Gasteiger partial charge in [-0.15, -0.1) is 0 Å². The van der Waals surface area contributed by atoms with E-state index in [0.717, 1.165) is 0 Å². The molecule has 0 radical (unpaired) electrons. The molecular formula is C11H12ClN5O. The first-order chi connectivity index (χ1) is 8.72. The molecule has 2 aromatic rings. The molecule has 0 aliphatic rings. The number of hydrazine groups is 1. The maximum atomic E-state index is 6.07. The maximum absolute atomic E-state index is 6.07. The Kier molecular flexibility index (Phi) is 3.81. The maximum Gasteiger partial charge on any atom is 0.145 e. The van der Waals surface area contributed by atoms with Crippen molar-refractivity contribution in [3.63, 3.8) is 0 Å². The Morgan fingerprint density at radius 3 is 2.72 bits per heavy atom. The van der Waals surface area contributed by atoms with E-state index in [9.17, 15) is 0 Å². The van der Waals surface area contributed by atoms with Gasteiger partial charge in [0.05, 0.1) is 17.8 Å². The summed E-state index contributed by atoms with van der Waals surface area (Å²) in [5.74, 6) is 7.06. The molecule has 2 rings (SSSR count). The molecule has 0 saturated carbocycles. The second kappa shape index (κ2) is 5.52. The van der Waals surface area contributed by atoms with Crippen molar-refractivity contribution in [2.75, 3.05) is 17.9 Å². The number of aromatic nitrogens is 2. The van der Waals surface area contributed by atoms with Crippen LogP contribution in [0.3, 0.4) is 0 Å². The van der Waals surface area contributed by atoms with Crippen LogP contribution in [-0.4, -0.2) is 17.1 Å². The predicted molar refractivity (Wildman–Crippen MR) is 71.1 cm³/mol. The second-order valence-corrected chi connectivity index (χ2v) is 3.81. The van der Waals surface area contributed by atoms with Gasteiger partial charge in [0.15, 0.2) is 0 Å². The molecule has 0 saturated heterocycles. The molecule has 1 aromatic carbocycles. The fraction of sp³-hybridized carbons (Fsp3) is 0.0909. The van der Waals surface area contributed by atoms with Gasteiger partial charge in [-0.1, -0.05) is 11.6 Å². The van der Waals surface area contributed by atoms with Crippen LogP contribution in [0.15, 0.2) is 30.6 Å². The smallest absolute Gasteiger partial charge is 0.145 e. The topological polar surface area (TPSA) is 85.1 Å². The van der Waals surface area contributed by atoms with Crippen LogP contribution in [0.2, 0.25) is 5.02 Å². The minimum Gasteiger partial charge on any atom is -0.497 e. The van der Waals surface area contributed by atoms with Gasteiger partial charge in [-0.05, 0) is 12.1 Å². The first-order valence-electron chi connectivity index (χ1n) is 5.12. The fourth-order valence-electron chi connectivity index (χ4n) is 1.37. The van der Waals surface area contributed by atoms with Gasteiger partial charge in [0.1, 0.15) is 23.7 Å². The lowest BCUT2D eigenvalue weighted by Crippen LogP contribution is -2.09. The average Bonchev–Trinajstić information content (AvgIpc) is 2.41. The molecular weight excluding hydrogens is 254 g/mol. The van der Waals surface area contributed by atoms with Crippen LogP contribution in [0.5, 0.6) is 5.75 Å². The van der Waals surface area contributed by atoms with E-state index in [4.69, 9.17) is 22.2 Å². The highest BCUT2D eigenvalue weighted by Crippen LogP contribution is 2.29. The molecule has 94 valence electrons. The predicted octanol–water partition coefficient (Wildman–Crippen LogP) is 2.17. The molecule has 0 aliphatic heterocycles. The summed E-state index contributed by atoms with van der Waals surface area (Å²) in [6, 6.07) is 6.96. The third-order valence-corrected chi connectivity index (χ3v) is 2.58. The minimum absolute atomic E-state index is 0.506. The van der Waals surface area contributed by atoms with E-state index in [1.165, 1.54) is 6.33 Å². The number of hydrogen-bond donors (Lipinski definition) is 3. The van der Waals surface area contributed by atoms with Crippen molar-refractivity contribution in [1.29, 1.82) is 0 Å². The molecule has 0 fully saturated rings. The Bertz CT molecular complexity index is 549. The summed E-state index contributed by atoms with van der Waals surface area (Å²) < 4.78 is 5.13. The molecule has 7 heteroatoms. The summed E-state index contributed by atoms with van der Waals surface area (Å²) in [4.78, 5) is 7.97. The van der Waals surface area contributed by atoms with Gasteiger partial charge in [-0.25, -0.2) is 15.8 Å². The molecule has 0 atom stereocenters. The summed E-state index contributed by atoms with van der Waals surface area (Å²) in [5.41, 5.74) is 3.13. The van der Waals surface area contributed by atoms with Crippen LogP contribution in [0.25, 0.3) is 0 Å². The number of nitrogens with two attached hydrogens (primary N) is 1. The van der Waals surface area contributed by atoms with Crippen molar-refractivity contribution in [2.24, 2.45) is 5.84 Å². The van der Waals surface area contributed by atoms with Crippen molar-refractivity contribution >= 4 is 28.9 Å². The van der Waals surface area contributed by atoms with E-state index < -0.39 is 0 Å². The van der Waals surface area contributed by atoms with E-state index in [2.05, 4.69) is 20.7 Å². The van der Waals surface area contributed by atoms with Crippen LogP contribution >= 0.6 is 11.6 Å². The highest BCUT2D eigenvalue weighted by atomic mass is 35.5. The monoisotopic (exact) mass is 265 g/mol. The number of ether oxygens (including phenoxy) is 1. The van der Waals surface area contributed by atoms with Gasteiger partial charge in [0.2, 0.25) is 0 Å². The van der Waals surface area contributed by atoms with E-state index in [0.29, 0.717) is 28.1 Å². The molecule has 0 unspecified atom stereocenters. The number of anilines is 3. The van der Waals surface area contributed by atoms with Gasteiger partial charge < -0.3 is 15.5 Å². The first-order valence-corrected chi connectivity index (χ1v) is 5.50.